The molecule has 0 saturated heterocycles. The van der Waals surface area contributed by atoms with E-state index in [1.54, 1.807) is 0 Å². The van der Waals surface area contributed by atoms with Gasteiger partial charge in [-0.25, -0.2) is 15.8 Å². The predicted octanol–water partition coefficient (Wildman–Crippen LogP) is 0.891. The van der Waals surface area contributed by atoms with Crippen LogP contribution in [0.15, 0.2) is 6.33 Å². The maximum atomic E-state index is 5.33. The first kappa shape index (κ1) is 9.21. The standard InChI is InChI=1S/C9H15N5/c1-5-3-7(5)13-8-6(2)9(14-10)12-4-11-8/h4-5,7H,3,10H2,1-2H3,(H2,11,12,13,14). The van der Waals surface area contributed by atoms with Crippen molar-refractivity contribution in [2.45, 2.75) is 26.3 Å². The van der Waals surface area contributed by atoms with Crippen LogP contribution < -0.4 is 16.6 Å². The van der Waals surface area contributed by atoms with Crippen LogP contribution in [-0.4, -0.2) is 16.0 Å². The molecular weight excluding hydrogens is 178 g/mol. The van der Waals surface area contributed by atoms with Crippen molar-refractivity contribution >= 4 is 11.6 Å². The molecule has 2 unspecified atom stereocenters. The first-order chi connectivity index (χ1) is 6.72. The summed E-state index contributed by atoms with van der Waals surface area (Å²) in [5.74, 6) is 7.63. The number of nitrogens with one attached hydrogen (secondary N) is 2. The lowest BCUT2D eigenvalue weighted by Gasteiger charge is -2.09. The lowest BCUT2D eigenvalue weighted by molar-refractivity contribution is 0.918. The molecule has 76 valence electrons. The predicted molar refractivity (Wildman–Crippen MR) is 55.8 cm³/mol. The van der Waals surface area contributed by atoms with E-state index in [1.807, 2.05) is 6.92 Å². The van der Waals surface area contributed by atoms with Gasteiger partial charge in [0.25, 0.3) is 0 Å². The summed E-state index contributed by atoms with van der Waals surface area (Å²) in [6.45, 7) is 4.17. The molecule has 1 aromatic rings. The fraction of sp³-hybridized carbons (Fsp3) is 0.556. The fourth-order valence-corrected chi connectivity index (χ4v) is 1.44. The Morgan fingerprint density at radius 2 is 2.07 bits per heavy atom. The minimum absolute atomic E-state index is 0.564. The molecule has 0 bridgehead atoms. The zero-order valence-corrected chi connectivity index (χ0v) is 8.41. The number of hydrogen-bond acceptors (Lipinski definition) is 5. The number of nitrogens with zero attached hydrogens (tertiary/aromatic N) is 2. The van der Waals surface area contributed by atoms with Gasteiger partial charge in [-0.2, -0.15) is 0 Å². The third-order valence-electron chi connectivity index (χ3n) is 2.65. The molecule has 1 aromatic heterocycles. The second-order valence-electron chi connectivity index (χ2n) is 3.80. The fourth-order valence-electron chi connectivity index (χ4n) is 1.44. The molecule has 2 rings (SSSR count). The highest BCUT2D eigenvalue weighted by Crippen LogP contribution is 2.33. The number of hydrogen-bond donors (Lipinski definition) is 3. The molecule has 0 radical (unpaired) electrons. The summed E-state index contributed by atoms with van der Waals surface area (Å²) in [5, 5.41) is 3.36. The number of rotatable bonds is 3. The zero-order chi connectivity index (χ0) is 10.1. The zero-order valence-electron chi connectivity index (χ0n) is 8.41. The molecule has 0 spiro atoms. The summed E-state index contributed by atoms with van der Waals surface area (Å²) >= 11 is 0. The van der Waals surface area contributed by atoms with Gasteiger partial charge >= 0.3 is 0 Å². The maximum absolute atomic E-state index is 5.33. The van der Waals surface area contributed by atoms with Gasteiger partial charge in [0.1, 0.15) is 18.0 Å². The molecule has 1 fully saturated rings. The Morgan fingerprint density at radius 1 is 1.43 bits per heavy atom. The van der Waals surface area contributed by atoms with Crippen LogP contribution in [0.1, 0.15) is 18.9 Å². The summed E-state index contributed by atoms with van der Waals surface area (Å²) in [6.07, 6.45) is 2.73. The molecule has 1 aliphatic carbocycles. The summed E-state index contributed by atoms with van der Waals surface area (Å²) in [5.41, 5.74) is 3.52. The molecule has 4 N–H and O–H groups in total. The minimum Gasteiger partial charge on any atom is -0.367 e. The highest BCUT2D eigenvalue weighted by Gasteiger charge is 2.33. The van der Waals surface area contributed by atoms with Gasteiger partial charge in [-0.1, -0.05) is 6.92 Å². The van der Waals surface area contributed by atoms with E-state index in [9.17, 15) is 0 Å². The lowest BCUT2D eigenvalue weighted by Crippen LogP contribution is -2.13. The Morgan fingerprint density at radius 3 is 2.64 bits per heavy atom. The Labute approximate surface area is 83.1 Å². The van der Waals surface area contributed by atoms with E-state index in [2.05, 4.69) is 27.6 Å². The van der Waals surface area contributed by atoms with Gasteiger partial charge in [0.05, 0.1) is 0 Å². The van der Waals surface area contributed by atoms with E-state index >= 15 is 0 Å². The topological polar surface area (TPSA) is 75.9 Å². The van der Waals surface area contributed by atoms with Crippen molar-refractivity contribution in [2.75, 3.05) is 10.7 Å². The second-order valence-corrected chi connectivity index (χ2v) is 3.80. The van der Waals surface area contributed by atoms with Crippen molar-refractivity contribution in [1.29, 1.82) is 0 Å². The summed E-state index contributed by atoms with van der Waals surface area (Å²) in [4.78, 5) is 8.20. The molecule has 5 heteroatoms. The monoisotopic (exact) mass is 193 g/mol. The van der Waals surface area contributed by atoms with Crippen molar-refractivity contribution in [3.05, 3.63) is 11.9 Å². The van der Waals surface area contributed by atoms with Crippen LogP contribution >= 0.6 is 0 Å². The molecule has 1 heterocycles. The normalized spacial score (nSPS) is 24.5. The average molecular weight is 193 g/mol. The number of hydrazine groups is 1. The summed E-state index contributed by atoms with van der Waals surface area (Å²) in [6, 6.07) is 0.564. The maximum Gasteiger partial charge on any atom is 0.148 e. The third-order valence-corrected chi connectivity index (χ3v) is 2.65. The first-order valence-electron chi connectivity index (χ1n) is 4.77. The van der Waals surface area contributed by atoms with Crippen LogP contribution in [0.4, 0.5) is 11.6 Å². The van der Waals surface area contributed by atoms with Crippen LogP contribution in [0.5, 0.6) is 0 Å². The van der Waals surface area contributed by atoms with Crippen LogP contribution in [0, 0.1) is 12.8 Å². The van der Waals surface area contributed by atoms with E-state index < -0.39 is 0 Å². The number of aromatic nitrogens is 2. The van der Waals surface area contributed by atoms with Gasteiger partial charge < -0.3 is 10.7 Å². The number of anilines is 2. The highest BCUT2D eigenvalue weighted by molar-refractivity contribution is 5.56. The van der Waals surface area contributed by atoms with Gasteiger partial charge in [0.15, 0.2) is 0 Å². The summed E-state index contributed by atoms with van der Waals surface area (Å²) < 4.78 is 0. The molecular formula is C9H15N5. The highest BCUT2D eigenvalue weighted by atomic mass is 15.3. The third kappa shape index (κ3) is 1.63. The van der Waals surface area contributed by atoms with Gasteiger partial charge in [-0.3, -0.25) is 0 Å². The smallest absolute Gasteiger partial charge is 0.148 e. The second kappa shape index (κ2) is 3.42. The van der Waals surface area contributed by atoms with Gasteiger partial charge in [-0.15, -0.1) is 0 Å². The van der Waals surface area contributed by atoms with Gasteiger partial charge in [0, 0.05) is 11.6 Å². The molecule has 5 nitrogen and oxygen atoms in total. The quantitative estimate of drug-likeness (QED) is 0.491. The van der Waals surface area contributed by atoms with E-state index in [0.29, 0.717) is 11.9 Å². The van der Waals surface area contributed by atoms with Crippen molar-refractivity contribution in [3.8, 4) is 0 Å². The Balaban J connectivity index is 2.16. The number of nitrogens with two attached hydrogens (primary N) is 1. The SMILES string of the molecule is Cc1c(NN)ncnc1NC1CC1C. The average Bonchev–Trinajstić information content (AvgIpc) is 2.86. The van der Waals surface area contributed by atoms with Crippen LogP contribution in [0.3, 0.4) is 0 Å². The number of nitrogen functional groups attached to an aromatic ring is 1. The minimum atomic E-state index is 0.564. The van der Waals surface area contributed by atoms with Crippen LogP contribution in [0.2, 0.25) is 0 Å². The molecule has 2 atom stereocenters. The van der Waals surface area contributed by atoms with E-state index in [1.165, 1.54) is 12.7 Å². The summed E-state index contributed by atoms with van der Waals surface area (Å²) in [7, 11) is 0. The molecule has 1 aliphatic rings. The Bertz CT molecular complexity index is 338. The first-order valence-corrected chi connectivity index (χ1v) is 4.77. The van der Waals surface area contributed by atoms with Crippen LogP contribution in [-0.2, 0) is 0 Å². The van der Waals surface area contributed by atoms with Crippen molar-refractivity contribution in [3.63, 3.8) is 0 Å². The van der Waals surface area contributed by atoms with E-state index in [-0.39, 0.29) is 0 Å². The lowest BCUT2D eigenvalue weighted by atomic mass is 10.3. The van der Waals surface area contributed by atoms with Crippen LogP contribution in [0.25, 0.3) is 0 Å². The van der Waals surface area contributed by atoms with E-state index in [0.717, 1.165) is 17.3 Å². The largest absolute Gasteiger partial charge is 0.367 e. The van der Waals surface area contributed by atoms with Crippen molar-refractivity contribution < 1.29 is 0 Å². The molecule has 14 heavy (non-hydrogen) atoms. The van der Waals surface area contributed by atoms with Crippen molar-refractivity contribution in [1.82, 2.24) is 9.97 Å². The molecule has 0 aromatic carbocycles. The van der Waals surface area contributed by atoms with Crippen molar-refractivity contribution in [2.24, 2.45) is 11.8 Å². The van der Waals surface area contributed by atoms with E-state index in [4.69, 9.17) is 5.84 Å². The molecule has 0 aliphatic heterocycles. The van der Waals surface area contributed by atoms with Gasteiger partial charge in [0.2, 0.25) is 0 Å². The molecule has 0 amide bonds. The molecule has 1 saturated carbocycles. The Kier molecular flexibility index (Phi) is 2.25. The Hall–Kier alpha value is -1.36. The van der Waals surface area contributed by atoms with Gasteiger partial charge in [-0.05, 0) is 19.3 Å².